The van der Waals surface area contributed by atoms with Gasteiger partial charge in [0.15, 0.2) is 0 Å². The van der Waals surface area contributed by atoms with Crippen LogP contribution in [0.1, 0.15) is 6.92 Å². The molecule has 0 radical (unpaired) electrons. The van der Waals surface area contributed by atoms with E-state index in [1.807, 2.05) is 21.1 Å². The van der Waals surface area contributed by atoms with Gasteiger partial charge in [-0.1, -0.05) is 13.5 Å². The summed E-state index contributed by atoms with van der Waals surface area (Å²) in [7, 11) is 2.70. The predicted molar refractivity (Wildman–Crippen MR) is 63.3 cm³/mol. The van der Waals surface area contributed by atoms with Crippen molar-refractivity contribution in [3.05, 3.63) is 12.7 Å². The summed E-state index contributed by atoms with van der Waals surface area (Å²) < 4.78 is 22.5. The normalized spacial score (nSPS) is 15.2. The van der Waals surface area contributed by atoms with E-state index < -0.39 is 13.6 Å². The molecule has 0 rings (SSSR count). The molecular formula is C10H21NO4P+. The Balaban J connectivity index is 4.23. The number of hydrogen-bond acceptors (Lipinski definition) is 4. The van der Waals surface area contributed by atoms with Gasteiger partial charge in [0, 0.05) is 6.08 Å². The Hall–Kier alpha value is -0.640. The van der Waals surface area contributed by atoms with E-state index in [9.17, 15) is 9.36 Å². The van der Waals surface area contributed by atoms with E-state index in [-0.39, 0.29) is 6.16 Å². The Bertz CT molecular complexity index is 296. The van der Waals surface area contributed by atoms with Crippen LogP contribution in [-0.4, -0.2) is 50.9 Å². The average molecular weight is 250 g/mol. The van der Waals surface area contributed by atoms with Gasteiger partial charge >= 0.3 is 13.6 Å². The first-order chi connectivity index (χ1) is 7.22. The Morgan fingerprint density at radius 2 is 2.00 bits per heavy atom. The van der Waals surface area contributed by atoms with Crippen molar-refractivity contribution in [2.75, 3.05) is 40.5 Å². The maximum atomic E-state index is 11.9. The molecule has 16 heavy (non-hydrogen) atoms. The van der Waals surface area contributed by atoms with E-state index in [1.165, 1.54) is 0 Å². The van der Waals surface area contributed by atoms with Crippen molar-refractivity contribution in [1.29, 1.82) is 0 Å². The molecule has 6 heteroatoms. The molecule has 0 aliphatic carbocycles. The van der Waals surface area contributed by atoms with Crippen molar-refractivity contribution < 1.29 is 22.9 Å². The van der Waals surface area contributed by atoms with Crippen molar-refractivity contribution in [1.82, 2.24) is 0 Å². The fourth-order valence-corrected chi connectivity index (χ4v) is 1.88. The quantitative estimate of drug-likeness (QED) is 0.391. The van der Waals surface area contributed by atoms with Gasteiger partial charge in [0.05, 0.1) is 27.3 Å². The molecule has 94 valence electrons. The van der Waals surface area contributed by atoms with Gasteiger partial charge in [-0.25, -0.2) is 9.36 Å². The standard InChI is InChI=1S/C10H21NO4P/c1-6-10(12)15-16(13,7-2)14-9-8-11(3,4)5/h6H,1,7-9H2,2-5H3/q+1. The van der Waals surface area contributed by atoms with E-state index in [2.05, 4.69) is 6.58 Å². The molecule has 0 aliphatic rings. The second-order valence-electron chi connectivity index (χ2n) is 4.39. The van der Waals surface area contributed by atoms with Crippen LogP contribution in [0.5, 0.6) is 0 Å². The van der Waals surface area contributed by atoms with Crippen LogP contribution in [-0.2, 0) is 18.4 Å². The number of hydrogen-bond donors (Lipinski definition) is 0. The predicted octanol–water partition coefficient (Wildman–Crippen LogP) is 1.65. The average Bonchev–Trinajstić information content (AvgIpc) is 2.15. The second-order valence-corrected chi connectivity index (χ2v) is 6.68. The van der Waals surface area contributed by atoms with Crippen molar-refractivity contribution in [2.24, 2.45) is 0 Å². The fourth-order valence-electron chi connectivity index (χ4n) is 0.810. The van der Waals surface area contributed by atoms with E-state index in [4.69, 9.17) is 9.05 Å². The van der Waals surface area contributed by atoms with Gasteiger partial charge in [-0.2, -0.15) is 0 Å². The van der Waals surface area contributed by atoms with Crippen LogP contribution in [0.3, 0.4) is 0 Å². The van der Waals surface area contributed by atoms with Gasteiger partial charge in [-0.3, -0.25) is 4.52 Å². The summed E-state index contributed by atoms with van der Waals surface area (Å²) >= 11 is 0. The molecule has 0 fully saturated rings. The number of carbonyl (C=O) groups is 1. The van der Waals surface area contributed by atoms with Gasteiger partial charge in [-0.15, -0.1) is 0 Å². The highest BCUT2D eigenvalue weighted by Crippen LogP contribution is 2.47. The fraction of sp³-hybridized carbons (Fsp3) is 0.700. The summed E-state index contributed by atoms with van der Waals surface area (Å²) in [5.74, 6) is -0.713. The molecule has 0 aromatic heterocycles. The first kappa shape index (κ1) is 15.4. The van der Waals surface area contributed by atoms with Gasteiger partial charge in [0.25, 0.3) is 0 Å². The Morgan fingerprint density at radius 3 is 2.38 bits per heavy atom. The summed E-state index contributed by atoms with van der Waals surface area (Å²) in [6.45, 7) is 5.88. The zero-order chi connectivity index (χ0) is 12.8. The highest BCUT2D eigenvalue weighted by atomic mass is 31.2. The van der Waals surface area contributed by atoms with Crippen LogP contribution in [0.2, 0.25) is 0 Å². The molecule has 1 atom stereocenters. The monoisotopic (exact) mass is 250 g/mol. The number of rotatable bonds is 7. The lowest BCUT2D eigenvalue weighted by molar-refractivity contribution is -0.870. The lowest BCUT2D eigenvalue weighted by atomic mass is 10.5. The molecule has 1 unspecified atom stereocenters. The summed E-state index contributed by atoms with van der Waals surface area (Å²) in [4.78, 5) is 10.9. The zero-order valence-corrected chi connectivity index (χ0v) is 11.3. The second kappa shape index (κ2) is 6.18. The Morgan fingerprint density at radius 1 is 1.44 bits per heavy atom. The first-order valence-corrected chi connectivity index (χ1v) is 6.85. The third kappa shape index (κ3) is 6.77. The van der Waals surface area contributed by atoms with E-state index in [0.717, 1.165) is 6.08 Å². The van der Waals surface area contributed by atoms with Crippen LogP contribution in [0.25, 0.3) is 0 Å². The Labute approximate surface area is 97.2 Å². The summed E-state index contributed by atoms with van der Waals surface area (Å²) in [5.41, 5.74) is 0. The molecule has 0 aromatic carbocycles. The van der Waals surface area contributed by atoms with E-state index >= 15 is 0 Å². The molecule has 0 aromatic rings. The van der Waals surface area contributed by atoms with Crippen molar-refractivity contribution in [2.45, 2.75) is 6.92 Å². The summed E-state index contributed by atoms with van der Waals surface area (Å²) in [6.07, 6.45) is 1.15. The number of nitrogens with zero attached hydrogens (tertiary/aromatic N) is 1. The summed E-state index contributed by atoms with van der Waals surface area (Å²) in [6, 6.07) is 0. The summed E-state index contributed by atoms with van der Waals surface area (Å²) in [5, 5.41) is 0. The van der Waals surface area contributed by atoms with E-state index in [1.54, 1.807) is 6.92 Å². The largest absolute Gasteiger partial charge is 0.388 e. The molecular weight excluding hydrogens is 229 g/mol. The van der Waals surface area contributed by atoms with Crippen molar-refractivity contribution in [3.63, 3.8) is 0 Å². The minimum Gasteiger partial charge on any atom is -0.388 e. The smallest absolute Gasteiger partial charge is 0.381 e. The first-order valence-electron chi connectivity index (χ1n) is 5.12. The molecule has 0 amide bonds. The number of carbonyl (C=O) groups excluding carboxylic acids is 1. The third-order valence-electron chi connectivity index (χ3n) is 1.83. The lowest BCUT2D eigenvalue weighted by Gasteiger charge is -2.24. The molecule has 0 spiro atoms. The maximum absolute atomic E-state index is 11.9. The van der Waals surface area contributed by atoms with Gasteiger partial charge in [-0.05, 0) is 0 Å². The third-order valence-corrected chi connectivity index (χ3v) is 3.64. The Kier molecular flexibility index (Phi) is 5.94. The molecule has 0 saturated carbocycles. The minimum atomic E-state index is -3.29. The van der Waals surface area contributed by atoms with Crippen LogP contribution in [0.4, 0.5) is 0 Å². The molecule has 0 heterocycles. The molecule has 0 saturated heterocycles. The molecule has 0 bridgehead atoms. The van der Waals surface area contributed by atoms with Crippen LogP contribution in [0, 0.1) is 0 Å². The van der Waals surface area contributed by atoms with Crippen LogP contribution >= 0.6 is 7.60 Å². The van der Waals surface area contributed by atoms with Crippen molar-refractivity contribution in [3.8, 4) is 0 Å². The maximum Gasteiger partial charge on any atom is 0.381 e. The highest BCUT2D eigenvalue weighted by molar-refractivity contribution is 7.54. The molecule has 0 aliphatic heterocycles. The van der Waals surface area contributed by atoms with Gasteiger partial charge in [0.1, 0.15) is 13.2 Å². The molecule has 5 nitrogen and oxygen atoms in total. The zero-order valence-electron chi connectivity index (χ0n) is 10.4. The number of likely N-dealkylation sites (N-methyl/N-ethyl adjacent to an activating group) is 1. The van der Waals surface area contributed by atoms with Crippen molar-refractivity contribution >= 4 is 13.6 Å². The lowest BCUT2D eigenvalue weighted by Crippen LogP contribution is -2.37. The topological polar surface area (TPSA) is 52.6 Å². The molecule has 0 N–H and O–H groups in total. The van der Waals surface area contributed by atoms with E-state index in [0.29, 0.717) is 17.6 Å². The highest BCUT2D eigenvalue weighted by Gasteiger charge is 2.26. The van der Waals surface area contributed by atoms with Gasteiger partial charge in [0.2, 0.25) is 0 Å². The SMILES string of the molecule is C=CC(=O)OP(=O)(CC)OCC[N+](C)(C)C. The minimum absolute atomic E-state index is 0.170. The van der Waals surface area contributed by atoms with Gasteiger partial charge < -0.3 is 9.01 Å². The van der Waals surface area contributed by atoms with Crippen LogP contribution < -0.4 is 0 Å². The van der Waals surface area contributed by atoms with Crippen LogP contribution in [0.15, 0.2) is 12.7 Å². The number of quaternary nitrogens is 1.